The maximum Gasteiger partial charge on any atom is 0.333 e. The van der Waals surface area contributed by atoms with Gasteiger partial charge in [0.05, 0.1) is 6.54 Å². The van der Waals surface area contributed by atoms with E-state index >= 15 is 0 Å². The normalized spacial score (nSPS) is 14.3. The van der Waals surface area contributed by atoms with Gasteiger partial charge >= 0.3 is 6.55 Å². The van der Waals surface area contributed by atoms with Crippen molar-refractivity contribution < 1.29 is 13.6 Å². The van der Waals surface area contributed by atoms with Crippen LogP contribution in [0.15, 0.2) is 30.5 Å². The average molecular weight is 284 g/mol. The summed E-state index contributed by atoms with van der Waals surface area (Å²) in [7, 11) is 0. The van der Waals surface area contributed by atoms with Gasteiger partial charge in [0, 0.05) is 28.4 Å². The highest BCUT2D eigenvalue weighted by Gasteiger charge is 2.31. The van der Waals surface area contributed by atoms with Crippen LogP contribution in [-0.2, 0) is 6.54 Å². The zero-order chi connectivity index (χ0) is 13.6. The van der Waals surface area contributed by atoms with Gasteiger partial charge in [0.25, 0.3) is 5.91 Å². The van der Waals surface area contributed by atoms with Crippen LogP contribution in [0.5, 0.6) is 0 Å². The highest BCUT2D eigenvalue weighted by Crippen LogP contribution is 2.31. The number of benzene rings is 1. The summed E-state index contributed by atoms with van der Waals surface area (Å²) in [6, 6.07) is 6.41. The first kappa shape index (κ1) is 12.1. The minimum Gasteiger partial charge on any atom is -0.287 e. The third kappa shape index (κ3) is 1.88. The number of fused-ring (bicyclic) bond motifs is 1. The van der Waals surface area contributed by atoms with Gasteiger partial charge in [-0.05, 0) is 12.1 Å². The number of aromatic nitrogens is 2. The van der Waals surface area contributed by atoms with Gasteiger partial charge < -0.3 is 0 Å². The van der Waals surface area contributed by atoms with Gasteiger partial charge in [-0.3, -0.25) is 9.69 Å². The van der Waals surface area contributed by atoms with E-state index in [2.05, 4.69) is 5.10 Å². The molecule has 7 heteroatoms. The van der Waals surface area contributed by atoms with Crippen LogP contribution >= 0.6 is 11.6 Å². The Labute approximate surface area is 112 Å². The van der Waals surface area contributed by atoms with Gasteiger partial charge in [0.2, 0.25) is 0 Å². The Morgan fingerprint density at radius 2 is 2.11 bits per heavy atom. The summed E-state index contributed by atoms with van der Waals surface area (Å²) < 4.78 is 25.4. The summed E-state index contributed by atoms with van der Waals surface area (Å²) in [6.07, 6.45) is 1.14. The van der Waals surface area contributed by atoms with Crippen molar-refractivity contribution >= 4 is 23.3 Å². The van der Waals surface area contributed by atoms with Crippen molar-refractivity contribution in [3.8, 4) is 0 Å². The minimum atomic E-state index is -2.72. The number of halogens is 3. The quantitative estimate of drug-likeness (QED) is 0.849. The van der Waals surface area contributed by atoms with E-state index in [1.165, 1.54) is 11.0 Å². The van der Waals surface area contributed by atoms with E-state index < -0.39 is 6.55 Å². The Kier molecular flexibility index (Phi) is 2.74. The second-order valence-electron chi connectivity index (χ2n) is 4.09. The third-order valence-electron chi connectivity index (χ3n) is 2.98. The SMILES string of the molecule is O=C1c2cccc(Cl)c2CN1c1ccn(C(F)F)n1. The van der Waals surface area contributed by atoms with Crippen LogP contribution in [-0.4, -0.2) is 15.7 Å². The van der Waals surface area contributed by atoms with Gasteiger partial charge in [-0.15, -0.1) is 5.10 Å². The monoisotopic (exact) mass is 283 g/mol. The van der Waals surface area contributed by atoms with Crippen LogP contribution in [0.3, 0.4) is 0 Å². The predicted molar refractivity (Wildman–Crippen MR) is 65.4 cm³/mol. The number of carbonyl (C=O) groups is 1. The predicted octanol–water partition coefficient (Wildman–Crippen LogP) is 3.09. The molecule has 0 N–H and O–H groups in total. The molecule has 1 aromatic heterocycles. The largest absolute Gasteiger partial charge is 0.333 e. The lowest BCUT2D eigenvalue weighted by molar-refractivity contribution is 0.0566. The third-order valence-corrected chi connectivity index (χ3v) is 3.34. The van der Waals surface area contributed by atoms with E-state index in [9.17, 15) is 13.6 Å². The summed E-state index contributed by atoms with van der Waals surface area (Å²) in [6.45, 7) is -2.48. The Bertz CT molecular complexity index is 656. The molecule has 0 spiro atoms. The number of hydrogen-bond donors (Lipinski definition) is 0. The molecule has 0 fully saturated rings. The smallest absolute Gasteiger partial charge is 0.287 e. The molecule has 2 aromatic rings. The van der Waals surface area contributed by atoms with E-state index in [0.29, 0.717) is 20.8 Å². The van der Waals surface area contributed by atoms with Gasteiger partial charge in [-0.2, -0.15) is 8.78 Å². The Morgan fingerprint density at radius 3 is 2.74 bits per heavy atom. The fourth-order valence-electron chi connectivity index (χ4n) is 2.06. The molecular weight excluding hydrogens is 276 g/mol. The molecule has 19 heavy (non-hydrogen) atoms. The van der Waals surface area contributed by atoms with Crippen molar-refractivity contribution in [2.45, 2.75) is 13.1 Å². The Balaban J connectivity index is 1.97. The molecule has 1 aromatic carbocycles. The van der Waals surface area contributed by atoms with Gasteiger partial charge in [-0.1, -0.05) is 17.7 Å². The number of alkyl halides is 2. The maximum atomic E-state index is 12.5. The van der Waals surface area contributed by atoms with Crippen molar-refractivity contribution in [2.75, 3.05) is 4.90 Å². The molecular formula is C12H8ClF2N3O. The standard InChI is InChI=1S/C12H8ClF2N3O/c13-9-3-1-2-7-8(9)6-17(11(7)19)10-4-5-18(16-10)12(14)15/h1-5,12H,6H2. The second-order valence-corrected chi connectivity index (χ2v) is 4.50. The zero-order valence-corrected chi connectivity index (χ0v) is 10.3. The number of carbonyl (C=O) groups excluding carboxylic acids is 1. The molecule has 1 amide bonds. The van der Waals surface area contributed by atoms with Crippen LogP contribution in [0, 0.1) is 0 Å². The van der Waals surface area contributed by atoms with Crippen LogP contribution in [0.4, 0.5) is 14.6 Å². The van der Waals surface area contributed by atoms with E-state index in [0.717, 1.165) is 6.20 Å². The summed E-state index contributed by atoms with van der Waals surface area (Å²) in [4.78, 5) is 13.5. The molecule has 0 bridgehead atoms. The van der Waals surface area contributed by atoms with Crippen molar-refractivity contribution in [2.24, 2.45) is 0 Å². The lowest BCUT2D eigenvalue weighted by Gasteiger charge is -2.11. The van der Waals surface area contributed by atoms with Crippen LogP contribution < -0.4 is 4.90 Å². The molecule has 3 rings (SSSR count). The molecule has 98 valence electrons. The lowest BCUT2D eigenvalue weighted by Crippen LogP contribution is -2.23. The van der Waals surface area contributed by atoms with Crippen LogP contribution in [0.2, 0.25) is 5.02 Å². The number of nitrogens with zero attached hydrogens (tertiary/aromatic N) is 3. The molecule has 0 radical (unpaired) electrons. The number of hydrogen-bond acceptors (Lipinski definition) is 2. The molecule has 1 aliphatic heterocycles. The molecule has 1 aliphatic rings. The first-order valence-electron chi connectivity index (χ1n) is 5.50. The van der Waals surface area contributed by atoms with Gasteiger partial charge in [0.1, 0.15) is 0 Å². The summed E-state index contributed by atoms with van der Waals surface area (Å²) in [5.74, 6) is -0.0883. The van der Waals surface area contributed by atoms with Crippen LogP contribution in [0.25, 0.3) is 0 Å². The molecule has 0 saturated carbocycles. The van der Waals surface area contributed by atoms with Crippen molar-refractivity contribution in [3.63, 3.8) is 0 Å². The zero-order valence-electron chi connectivity index (χ0n) is 9.55. The van der Waals surface area contributed by atoms with E-state index in [1.807, 2.05) is 0 Å². The van der Waals surface area contributed by atoms with Crippen molar-refractivity contribution in [1.82, 2.24) is 9.78 Å². The summed E-state index contributed by atoms with van der Waals surface area (Å²) >= 11 is 6.02. The van der Waals surface area contributed by atoms with E-state index in [-0.39, 0.29) is 18.3 Å². The Morgan fingerprint density at radius 1 is 1.32 bits per heavy atom. The first-order valence-corrected chi connectivity index (χ1v) is 5.88. The fraction of sp³-hybridized carbons (Fsp3) is 0.167. The molecule has 0 saturated heterocycles. The number of amides is 1. The average Bonchev–Trinajstić information content (AvgIpc) is 2.96. The van der Waals surface area contributed by atoms with Gasteiger partial charge in [0.15, 0.2) is 5.82 Å². The second kappa shape index (κ2) is 4.31. The summed E-state index contributed by atoms with van der Waals surface area (Å²) in [5, 5.41) is 4.17. The topological polar surface area (TPSA) is 38.1 Å². The van der Waals surface area contributed by atoms with Crippen LogP contribution in [0.1, 0.15) is 22.5 Å². The Hall–Kier alpha value is -1.95. The van der Waals surface area contributed by atoms with Crippen molar-refractivity contribution in [3.05, 3.63) is 46.6 Å². The molecule has 4 nitrogen and oxygen atoms in total. The molecule has 0 atom stereocenters. The number of anilines is 1. The lowest BCUT2D eigenvalue weighted by atomic mass is 10.1. The fourth-order valence-corrected chi connectivity index (χ4v) is 2.30. The first-order chi connectivity index (χ1) is 9.08. The van der Waals surface area contributed by atoms with E-state index in [4.69, 9.17) is 11.6 Å². The molecule has 2 heterocycles. The van der Waals surface area contributed by atoms with E-state index in [1.54, 1.807) is 18.2 Å². The minimum absolute atomic E-state index is 0.192. The summed E-state index contributed by atoms with van der Waals surface area (Å²) in [5.41, 5.74) is 1.18. The number of rotatable bonds is 2. The molecule has 0 aliphatic carbocycles. The maximum absolute atomic E-state index is 12.5. The van der Waals surface area contributed by atoms with Crippen molar-refractivity contribution in [1.29, 1.82) is 0 Å². The highest BCUT2D eigenvalue weighted by atomic mass is 35.5. The highest BCUT2D eigenvalue weighted by molar-refractivity contribution is 6.32. The molecule has 0 unspecified atom stereocenters. The van der Waals surface area contributed by atoms with Gasteiger partial charge in [-0.25, -0.2) is 4.68 Å².